The van der Waals surface area contributed by atoms with Crippen molar-refractivity contribution >= 4 is 23.0 Å². The molecule has 7 nitrogen and oxygen atoms in total. The van der Waals surface area contributed by atoms with Gasteiger partial charge >= 0.3 is 5.69 Å². The highest BCUT2D eigenvalue weighted by Gasteiger charge is 2.22. The molecule has 110 valence electrons. The standard InChI is InChI=1S/C14H17N5O2/c1-3-10-5-7-11(8-6-10)18-14-12(19(20)21)13(15-4-2)16-9-17-14/h5-9H,3-4H2,1-2H3,(H2,15,16,17,18). The maximum Gasteiger partial charge on any atom is 0.353 e. The van der Waals surface area contributed by atoms with Gasteiger partial charge < -0.3 is 10.6 Å². The van der Waals surface area contributed by atoms with Gasteiger partial charge in [-0.25, -0.2) is 9.97 Å². The van der Waals surface area contributed by atoms with Crippen LogP contribution in [0.3, 0.4) is 0 Å². The summed E-state index contributed by atoms with van der Waals surface area (Å²) in [4.78, 5) is 18.7. The molecule has 0 bridgehead atoms. The number of nitrogens with one attached hydrogen (secondary N) is 2. The molecule has 0 spiro atoms. The van der Waals surface area contributed by atoms with E-state index in [-0.39, 0.29) is 17.3 Å². The van der Waals surface area contributed by atoms with Crippen molar-refractivity contribution in [3.05, 3.63) is 46.3 Å². The zero-order valence-electron chi connectivity index (χ0n) is 12.0. The van der Waals surface area contributed by atoms with Crippen molar-refractivity contribution in [1.82, 2.24) is 9.97 Å². The Morgan fingerprint density at radius 2 is 1.81 bits per heavy atom. The van der Waals surface area contributed by atoms with E-state index in [1.165, 1.54) is 11.9 Å². The molecule has 1 heterocycles. The van der Waals surface area contributed by atoms with Crippen LogP contribution in [0.2, 0.25) is 0 Å². The Kier molecular flexibility index (Phi) is 4.65. The number of nitro groups is 1. The maximum atomic E-state index is 11.3. The minimum atomic E-state index is -0.485. The van der Waals surface area contributed by atoms with Crippen molar-refractivity contribution in [2.75, 3.05) is 17.2 Å². The molecule has 0 amide bonds. The van der Waals surface area contributed by atoms with E-state index < -0.39 is 4.92 Å². The summed E-state index contributed by atoms with van der Waals surface area (Å²) in [6, 6.07) is 7.69. The molecule has 2 aromatic rings. The zero-order valence-corrected chi connectivity index (χ0v) is 12.0. The summed E-state index contributed by atoms with van der Waals surface area (Å²) >= 11 is 0. The van der Waals surface area contributed by atoms with Gasteiger partial charge in [0.15, 0.2) is 0 Å². The Hall–Kier alpha value is -2.70. The quantitative estimate of drug-likeness (QED) is 0.626. The van der Waals surface area contributed by atoms with Gasteiger partial charge in [0.05, 0.1) is 4.92 Å². The second kappa shape index (κ2) is 6.65. The summed E-state index contributed by atoms with van der Waals surface area (Å²) in [6.07, 6.45) is 2.24. The lowest BCUT2D eigenvalue weighted by molar-refractivity contribution is -0.383. The van der Waals surface area contributed by atoms with E-state index in [2.05, 4.69) is 27.5 Å². The van der Waals surface area contributed by atoms with Crippen molar-refractivity contribution in [3.63, 3.8) is 0 Å². The van der Waals surface area contributed by atoms with E-state index in [1.807, 2.05) is 31.2 Å². The molecule has 21 heavy (non-hydrogen) atoms. The number of rotatable bonds is 6. The molecule has 0 aliphatic rings. The monoisotopic (exact) mass is 287 g/mol. The molecule has 1 aromatic carbocycles. The topological polar surface area (TPSA) is 93.0 Å². The summed E-state index contributed by atoms with van der Waals surface area (Å²) in [7, 11) is 0. The fourth-order valence-electron chi connectivity index (χ4n) is 1.90. The third-order valence-electron chi connectivity index (χ3n) is 2.97. The minimum Gasteiger partial charge on any atom is -0.364 e. The molecule has 2 N–H and O–H groups in total. The van der Waals surface area contributed by atoms with E-state index in [0.29, 0.717) is 6.54 Å². The third kappa shape index (κ3) is 3.44. The Morgan fingerprint density at radius 1 is 1.14 bits per heavy atom. The number of benzene rings is 1. The first-order valence-corrected chi connectivity index (χ1v) is 6.75. The van der Waals surface area contributed by atoms with Crippen LogP contribution < -0.4 is 10.6 Å². The van der Waals surface area contributed by atoms with E-state index in [1.54, 1.807) is 0 Å². The number of aromatic nitrogens is 2. The second-order valence-corrected chi connectivity index (χ2v) is 4.38. The maximum absolute atomic E-state index is 11.3. The summed E-state index contributed by atoms with van der Waals surface area (Å²) in [6.45, 7) is 4.46. The van der Waals surface area contributed by atoms with E-state index in [0.717, 1.165) is 12.1 Å². The van der Waals surface area contributed by atoms with Gasteiger partial charge in [0, 0.05) is 12.2 Å². The molecule has 2 rings (SSSR count). The average molecular weight is 287 g/mol. The summed E-state index contributed by atoms with van der Waals surface area (Å²) < 4.78 is 0. The van der Waals surface area contributed by atoms with Gasteiger partial charge in [-0.05, 0) is 31.0 Å². The van der Waals surface area contributed by atoms with Crippen molar-refractivity contribution in [3.8, 4) is 0 Å². The Balaban J connectivity index is 2.33. The molecule has 0 fully saturated rings. The van der Waals surface area contributed by atoms with Gasteiger partial charge in [-0.1, -0.05) is 19.1 Å². The van der Waals surface area contributed by atoms with Crippen molar-refractivity contribution in [2.45, 2.75) is 20.3 Å². The van der Waals surface area contributed by atoms with Crippen LogP contribution in [0, 0.1) is 10.1 Å². The lowest BCUT2D eigenvalue weighted by Crippen LogP contribution is -2.07. The van der Waals surface area contributed by atoms with Gasteiger partial charge in [-0.3, -0.25) is 10.1 Å². The summed E-state index contributed by atoms with van der Waals surface area (Å²) in [5.41, 5.74) is 1.79. The van der Waals surface area contributed by atoms with Gasteiger partial charge in [-0.2, -0.15) is 0 Å². The molecule has 0 radical (unpaired) electrons. The Morgan fingerprint density at radius 3 is 2.38 bits per heavy atom. The van der Waals surface area contributed by atoms with Crippen LogP contribution >= 0.6 is 0 Å². The van der Waals surface area contributed by atoms with Crippen LogP contribution in [0.1, 0.15) is 19.4 Å². The smallest absolute Gasteiger partial charge is 0.353 e. The largest absolute Gasteiger partial charge is 0.364 e. The lowest BCUT2D eigenvalue weighted by Gasteiger charge is -2.09. The fourth-order valence-corrected chi connectivity index (χ4v) is 1.90. The normalized spacial score (nSPS) is 10.2. The Bertz CT molecular complexity index is 628. The summed E-state index contributed by atoms with van der Waals surface area (Å²) in [5, 5.41) is 17.1. The number of anilines is 3. The van der Waals surface area contributed by atoms with Crippen molar-refractivity contribution in [2.24, 2.45) is 0 Å². The third-order valence-corrected chi connectivity index (χ3v) is 2.97. The molecule has 0 aliphatic carbocycles. The highest BCUT2D eigenvalue weighted by molar-refractivity contribution is 5.73. The van der Waals surface area contributed by atoms with E-state index in [4.69, 9.17) is 0 Å². The van der Waals surface area contributed by atoms with Crippen molar-refractivity contribution in [1.29, 1.82) is 0 Å². The minimum absolute atomic E-state index is 0.154. The fraction of sp³-hybridized carbons (Fsp3) is 0.286. The van der Waals surface area contributed by atoms with Crippen LogP contribution in [0.15, 0.2) is 30.6 Å². The highest BCUT2D eigenvalue weighted by atomic mass is 16.6. The predicted molar refractivity (Wildman–Crippen MR) is 82.0 cm³/mol. The van der Waals surface area contributed by atoms with Gasteiger partial charge in [0.1, 0.15) is 6.33 Å². The van der Waals surface area contributed by atoms with Gasteiger partial charge in [0.25, 0.3) is 0 Å². The molecule has 0 saturated carbocycles. The first-order chi connectivity index (χ1) is 10.2. The Labute approximate surface area is 122 Å². The molecule has 0 aliphatic heterocycles. The van der Waals surface area contributed by atoms with Crippen molar-refractivity contribution < 1.29 is 4.92 Å². The van der Waals surface area contributed by atoms with Crippen LogP contribution in [0.4, 0.5) is 23.0 Å². The van der Waals surface area contributed by atoms with Crippen LogP contribution in [0.5, 0.6) is 0 Å². The predicted octanol–water partition coefficient (Wildman–Crippen LogP) is 3.12. The molecule has 7 heteroatoms. The first kappa shape index (κ1) is 14.7. The number of nitrogens with zero attached hydrogens (tertiary/aromatic N) is 3. The number of hydrogen-bond acceptors (Lipinski definition) is 6. The van der Waals surface area contributed by atoms with Gasteiger partial charge in [-0.15, -0.1) is 0 Å². The van der Waals surface area contributed by atoms with E-state index >= 15 is 0 Å². The molecular weight excluding hydrogens is 270 g/mol. The van der Waals surface area contributed by atoms with Crippen LogP contribution in [0.25, 0.3) is 0 Å². The lowest BCUT2D eigenvalue weighted by atomic mass is 10.1. The summed E-state index contributed by atoms with van der Waals surface area (Å²) in [5.74, 6) is 0.389. The average Bonchev–Trinajstić information content (AvgIpc) is 2.48. The van der Waals surface area contributed by atoms with E-state index in [9.17, 15) is 10.1 Å². The van der Waals surface area contributed by atoms with Crippen LogP contribution in [-0.4, -0.2) is 21.4 Å². The molecule has 1 aromatic heterocycles. The first-order valence-electron chi connectivity index (χ1n) is 6.75. The number of aryl methyl sites for hydroxylation is 1. The second-order valence-electron chi connectivity index (χ2n) is 4.38. The zero-order chi connectivity index (χ0) is 15.2. The SMILES string of the molecule is CCNc1ncnc(Nc2ccc(CC)cc2)c1[N+](=O)[O-]. The number of hydrogen-bond donors (Lipinski definition) is 2. The van der Waals surface area contributed by atoms with Gasteiger partial charge in [0.2, 0.25) is 11.6 Å². The molecular formula is C14H17N5O2. The molecule has 0 unspecified atom stereocenters. The van der Waals surface area contributed by atoms with Crippen LogP contribution in [-0.2, 0) is 6.42 Å². The molecule has 0 atom stereocenters. The highest BCUT2D eigenvalue weighted by Crippen LogP contribution is 2.30. The molecule has 0 saturated heterocycles.